The van der Waals surface area contributed by atoms with Crippen molar-refractivity contribution in [2.75, 3.05) is 0 Å². The lowest BCUT2D eigenvalue weighted by Crippen LogP contribution is -2.15. The third kappa shape index (κ3) is 3.64. The quantitative estimate of drug-likeness (QED) is 0.889. The second kappa shape index (κ2) is 6.67. The lowest BCUT2D eigenvalue weighted by Gasteiger charge is -2.08. The molecule has 0 spiro atoms. The highest BCUT2D eigenvalue weighted by Crippen LogP contribution is 2.07. The lowest BCUT2D eigenvalue weighted by atomic mass is 10.1. The molecular weight excluding hydrogens is 234 g/mol. The molecule has 0 saturated heterocycles. The maximum Gasteiger partial charge on any atom is 0.0991 e. The van der Waals surface area contributed by atoms with Crippen LogP contribution in [0.2, 0.25) is 0 Å². The molecule has 0 unspecified atom stereocenters. The largest absolute Gasteiger partial charge is 0.307 e. The van der Waals surface area contributed by atoms with Crippen molar-refractivity contribution in [3.05, 3.63) is 65.0 Å². The molecule has 0 bridgehead atoms. The molecule has 0 amide bonds. The highest BCUT2D eigenvalue weighted by atomic mass is 14.9. The van der Waals surface area contributed by atoms with Crippen LogP contribution in [-0.4, -0.2) is 4.98 Å². The highest BCUT2D eigenvalue weighted by molar-refractivity contribution is 5.31. The van der Waals surface area contributed by atoms with Gasteiger partial charge in [-0.25, -0.2) is 0 Å². The molecule has 1 aromatic carbocycles. The summed E-state index contributed by atoms with van der Waals surface area (Å²) in [5.74, 6) is 0. The van der Waals surface area contributed by atoms with E-state index < -0.39 is 0 Å². The van der Waals surface area contributed by atoms with Gasteiger partial charge in [-0.1, -0.05) is 25.1 Å². The van der Waals surface area contributed by atoms with Crippen LogP contribution < -0.4 is 5.32 Å². The fourth-order valence-electron chi connectivity index (χ4n) is 1.97. The Morgan fingerprint density at radius 1 is 1.16 bits per heavy atom. The number of rotatable bonds is 5. The van der Waals surface area contributed by atoms with Crippen LogP contribution in [0.4, 0.5) is 0 Å². The van der Waals surface area contributed by atoms with Crippen molar-refractivity contribution in [1.29, 1.82) is 5.26 Å². The van der Waals surface area contributed by atoms with Crippen LogP contribution in [0.5, 0.6) is 0 Å². The molecule has 96 valence electrons. The van der Waals surface area contributed by atoms with Crippen LogP contribution in [0, 0.1) is 11.3 Å². The Hall–Kier alpha value is -2.18. The molecule has 0 aliphatic rings. The molecule has 0 fully saturated rings. The number of nitriles is 1. The van der Waals surface area contributed by atoms with E-state index in [0.717, 1.165) is 25.2 Å². The fourth-order valence-corrected chi connectivity index (χ4v) is 1.97. The normalized spacial score (nSPS) is 10.1. The number of hydrogen-bond acceptors (Lipinski definition) is 3. The van der Waals surface area contributed by atoms with Crippen LogP contribution in [-0.2, 0) is 19.5 Å². The average Bonchev–Trinajstić information content (AvgIpc) is 2.48. The predicted octanol–water partition coefficient (Wildman–Crippen LogP) is 2.81. The maximum atomic E-state index is 8.74. The highest BCUT2D eigenvalue weighted by Gasteiger charge is 2.01. The van der Waals surface area contributed by atoms with Gasteiger partial charge in [0.2, 0.25) is 0 Å². The van der Waals surface area contributed by atoms with Gasteiger partial charge in [-0.15, -0.1) is 0 Å². The van der Waals surface area contributed by atoms with Gasteiger partial charge in [0.05, 0.1) is 17.3 Å². The fraction of sp³-hybridized carbons (Fsp3) is 0.250. The molecule has 0 atom stereocenters. The van der Waals surface area contributed by atoms with Crippen LogP contribution >= 0.6 is 0 Å². The smallest absolute Gasteiger partial charge is 0.0991 e. The number of aromatic nitrogens is 1. The molecule has 19 heavy (non-hydrogen) atoms. The minimum Gasteiger partial charge on any atom is -0.307 e. The molecule has 1 N–H and O–H groups in total. The minimum atomic E-state index is 0.696. The summed E-state index contributed by atoms with van der Waals surface area (Å²) in [5, 5.41) is 12.1. The number of nitrogens with zero attached hydrogens (tertiary/aromatic N) is 2. The third-order valence-corrected chi connectivity index (χ3v) is 3.07. The predicted molar refractivity (Wildman–Crippen MR) is 75.3 cm³/mol. The first-order chi connectivity index (χ1) is 9.33. The first-order valence-corrected chi connectivity index (χ1v) is 6.46. The Balaban J connectivity index is 1.91. The molecule has 3 nitrogen and oxygen atoms in total. The van der Waals surface area contributed by atoms with Crippen molar-refractivity contribution in [3.8, 4) is 6.07 Å². The molecule has 3 heteroatoms. The van der Waals surface area contributed by atoms with Crippen molar-refractivity contribution >= 4 is 0 Å². The van der Waals surface area contributed by atoms with Gasteiger partial charge in [0.1, 0.15) is 0 Å². The molecule has 2 rings (SSSR count). The number of hydrogen-bond donors (Lipinski definition) is 1. The summed E-state index contributed by atoms with van der Waals surface area (Å²) in [5.41, 5.74) is 4.27. The maximum absolute atomic E-state index is 8.74. The topological polar surface area (TPSA) is 48.7 Å². The molecule has 1 heterocycles. The van der Waals surface area contributed by atoms with Crippen LogP contribution in [0.15, 0.2) is 42.6 Å². The van der Waals surface area contributed by atoms with Gasteiger partial charge in [0, 0.05) is 19.3 Å². The van der Waals surface area contributed by atoms with Gasteiger partial charge in [-0.2, -0.15) is 5.26 Å². The van der Waals surface area contributed by atoms with E-state index in [4.69, 9.17) is 5.26 Å². The van der Waals surface area contributed by atoms with E-state index in [1.807, 2.05) is 36.5 Å². The molecule has 2 aromatic rings. The zero-order valence-corrected chi connectivity index (χ0v) is 11.1. The van der Waals surface area contributed by atoms with Crippen molar-refractivity contribution < 1.29 is 0 Å². The molecular formula is C16H17N3. The summed E-state index contributed by atoms with van der Waals surface area (Å²) in [6, 6.07) is 13.9. The van der Waals surface area contributed by atoms with Crippen LogP contribution in [0.1, 0.15) is 29.3 Å². The zero-order chi connectivity index (χ0) is 13.5. The van der Waals surface area contributed by atoms with E-state index >= 15 is 0 Å². The van der Waals surface area contributed by atoms with E-state index in [1.54, 1.807) is 0 Å². The van der Waals surface area contributed by atoms with Gasteiger partial charge in [0.25, 0.3) is 0 Å². The lowest BCUT2D eigenvalue weighted by molar-refractivity contribution is 0.673. The van der Waals surface area contributed by atoms with E-state index in [2.05, 4.69) is 29.4 Å². The first-order valence-electron chi connectivity index (χ1n) is 6.46. The summed E-state index contributed by atoms with van der Waals surface area (Å²) in [7, 11) is 0. The van der Waals surface area contributed by atoms with E-state index in [0.29, 0.717) is 5.56 Å². The number of nitrogens with one attached hydrogen (secondary N) is 1. The van der Waals surface area contributed by atoms with Crippen LogP contribution in [0.25, 0.3) is 0 Å². The van der Waals surface area contributed by atoms with Crippen molar-refractivity contribution in [1.82, 2.24) is 10.3 Å². The summed E-state index contributed by atoms with van der Waals surface area (Å²) in [6.07, 6.45) is 2.83. The SMILES string of the molecule is CCc1cccnc1CNCc1ccc(C#N)cc1. The average molecular weight is 251 g/mol. The van der Waals surface area contributed by atoms with Crippen molar-refractivity contribution in [2.45, 2.75) is 26.4 Å². The Labute approximate surface area is 113 Å². The first kappa shape index (κ1) is 13.3. The number of pyridine rings is 1. The Morgan fingerprint density at radius 2 is 1.95 bits per heavy atom. The minimum absolute atomic E-state index is 0.696. The second-order valence-electron chi connectivity index (χ2n) is 4.38. The number of aryl methyl sites for hydroxylation is 1. The Morgan fingerprint density at radius 3 is 2.63 bits per heavy atom. The summed E-state index contributed by atoms with van der Waals surface area (Å²) < 4.78 is 0. The standard InChI is InChI=1S/C16H17N3/c1-2-15-4-3-9-19-16(15)12-18-11-14-7-5-13(10-17)6-8-14/h3-9,18H,2,11-12H2,1H3. The van der Waals surface area contributed by atoms with Gasteiger partial charge in [-0.05, 0) is 35.7 Å². The summed E-state index contributed by atoms with van der Waals surface area (Å²) in [6.45, 7) is 3.69. The van der Waals surface area contributed by atoms with Gasteiger partial charge < -0.3 is 5.32 Å². The molecule has 0 saturated carbocycles. The summed E-state index contributed by atoms with van der Waals surface area (Å²) in [4.78, 5) is 4.40. The van der Waals surface area contributed by atoms with E-state index in [9.17, 15) is 0 Å². The molecule has 0 radical (unpaired) electrons. The molecule has 0 aliphatic carbocycles. The van der Waals surface area contributed by atoms with Gasteiger partial charge >= 0.3 is 0 Å². The van der Waals surface area contributed by atoms with E-state index in [-0.39, 0.29) is 0 Å². The Bertz CT molecular complexity index is 567. The molecule has 0 aliphatic heterocycles. The second-order valence-corrected chi connectivity index (χ2v) is 4.38. The van der Waals surface area contributed by atoms with Gasteiger partial charge in [-0.3, -0.25) is 4.98 Å². The summed E-state index contributed by atoms with van der Waals surface area (Å²) >= 11 is 0. The zero-order valence-electron chi connectivity index (χ0n) is 11.1. The number of benzene rings is 1. The Kier molecular flexibility index (Phi) is 4.66. The van der Waals surface area contributed by atoms with Crippen molar-refractivity contribution in [2.24, 2.45) is 0 Å². The van der Waals surface area contributed by atoms with E-state index in [1.165, 1.54) is 11.1 Å². The van der Waals surface area contributed by atoms with Crippen molar-refractivity contribution in [3.63, 3.8) is 0 Å². The van der Waals surface area contributed by atoms with Gasteiger partial charge in [0.15, 0.2) is 0 Å². The molecule has 1 aromatic heterocycles. The monoisotopic (exact) mass is 251 g/mol. The third-order valence-electron chi connectivity index (χ3n) is 3.07. The van der Waals surface area contributed by atoms with Crippen LogP contribution in [0.3, 0.4) is 0 Å².